The number of carbonyl (C=O) groups excluding carboxylic acids is 4. The molecule has 14 nitrogen and oxygen atoms in total. The van der Waals surface area contributed by atoms with Gasteiger partial charge in [0.2, 0.25) is 27.7 Å². The summed E-state index contributed by atoms with van der Waals surface area (Å²) in [7, 11) is -2.34. The number of aromatic nitrogens is 2. The van der Waals surface area contributed by atoms with Crippen LogP contribution in [0.25, 0.3) is 11.0 Å². The van der Waals surface area contributed by atoms with Gasteiger partial charge in [0.25, 0.3) is 5.91 Å². The van der Waals surface area contributed by atoms with Crippen LogP contribution in [0.4, 0.5) is 0 Å². The average Bonchev–Trinajstić information content (AvgIpc) is 3.99. The van der Waals surface area contributed by atoms with Gasteiger partial charge in [0.1, 0.15) is 35.2 Å². The Morgan fingerprint density at radius 3 is 2.40 bits per heavy atom. The van der Waals surface area contributed by atoms with Gasteiger partial charge in [0.05, 0.1) is 42.3 Å². The Bertz CT molecular complexity index is 1890. The predicted molar refractivity (Wildman–Crippen MR) is 195 cm³/mol. The van der Waals surface area contributed by atoms with Crippen LogP contribution in [0, 0.1) is 17.3 Å². The zero-order valence-corrected chi connectivity index (χ0v) is 32.0. The summed E-state index contributed by atoms with van der Waals surface area (Å²) in [5.41, 5.74) is -0.436. The van der Waals surface area contributed by atoms with Crippen LogP contribution in [0.3, 0.4) is 0 Å². The maximum absolute atomic E-state index is 14.6. The number of fused-ring (bicyclic) bond motifs is 1. The lowest BCUT2D eigenvalue weighted by Gasteiger charge is -2.35. The summed E-state index contributed by atoms with van der Waals surface area (Å²) in [6, 6.07) is 4.23. The number of nitrogens with zero attached hydrogens (tertiary/aromatic N) is 3. The first-order valence-corrected chi connectivity index (χ1v) is 20.1. The number of rotatable bonds is 14. The Morgan fingerprint density at radius 2 is 1.79 bits per heavy atom. The quantitative estimate of drug-likeness (QED) is 0.212. The van der Waals surface area contributed by atoms with Crippen molar-refractivity contribution in [2.24, 2.45) is 17.3 Å². The molecule has 2 heterocycles. The Balaban J connectivity index is 1.29. The number of amides is 3. The summed E-state index contributed by atoms with van der Waals surface area (Å²) >= 11 is 0. The molecule has 15 heteroatoms. The summed E-state index contributed by atoms with van der Waals surface area (Å²) < 4.78 is 45.2. The van der Waals surface area contributed by atoms with E-state index in [-0.39, 0.29) is 37.8 Å². The second-order valence-electron chi connectivity index (χ2n) is 15.9. The van der Waals surface area contributed by atoms with Gasteiger partial charge in [-0.25, -0.2) is 18.4 Å². The van der Waals surface area contributed by atoms with Gasteiger partial charge in [0, 0.05) is 18.4 Å². The molecule has 4 fully saturated rings. The monoisotopic (exact) mass is 753 g/mol. The molecular formula is C38H51N5O9S. The smallest absolute Gasteiger partial charge is 0.306 e. The van der Waals surface area contributed by atoms with Crippen molar-refractivity contribution in [3.8, 4) is 11.6 Å². The summed E-state index contributed by atoms with van der Waals surface area (Å²) in [6.45, 7) is 11.3. The van der Waals surface area contributed by atoms with Crippen molar-refractivity contribution in [3.05, 3.63) is 36.5 Å². The molecule has 3 amide bonds. The van der Waals surface area contributed by atoms with Gasteiger partial charge in [-0.3, -0.25) is 23.9 Å². The number of benzene rings is 1. The van der Waals surface area contributed by atoms with Crippen LogP contribution in [0.2, 0.25) is 0 Å². The molecule has 2 aromatic rings. The molecule has 2 N–H and O–H groups in total. The maximum Gasteiger partial charge on any atom is 0.306 e. The summed E-state index contributed by atoms with van der Waals surface area (Å²) in [5.74, 6) is -2.86. The first-order valence-electron chi connectivity index (χ1n) is 18.6. The third-order valence-electron chi connectivity index (χ3n) is 10.9. The van der Waals surface area contributed by atoms with Crippen molar-refractivity contribution >= 4 is 44.7 Å². The number of sulfonamides is 1. The first kappa shape index (κ1) is 38.5. The van der Waals surface area contributed by atoms with Gasteiger partial charge in [-0.05, 0) is 68.9 Å². The van der Waals surface area contributed by atoms with E-state index in [4.69, 9.17) is 24.2 Å². The second kappa shape index (κ2) is 14.9. The third kappa shape index (κ3) is 8.29. The molecule has 0 spiro atoms. The van der Waals surface area contributed by atoms with Crippen molar-refractivity contribution in [3.63, 3.8) is 0 Å². The lowest BCUT2D eigenvalue weighted by molar-refractivity contribution is -0.156. The van der Waals surface area contributed by atoms with Crippen molar-refractivity contribution in [2.75, 3.05) is 13.7 Å². The summed E-state index contributed by atoms with van der Waals surface area (Å²) in [4.78, 5) is 66.5. The van der Waals surface area contributed by atoms with E-state index >= 15 is 0 Å². The van der Waals surface area contributed by atoms with E-state index in [1.165, 1.54) is 11.0 Å². The Hall–Kier alpha value is -4.27. The normalized spacial score (nSPS) is 25.1. The fraction of sp³-hybridized carbons (Fsp3) is 0.632. The molecule has 1 aliphatic heterocycles. The predicted octanol–water partition coefficient (Wildman–Crippen LogP) is 3.76. The molecule has 1 aromatic carbocycles. The molecular weight excluding hydrogens is 703 g/mol. The van der Waals surface area contributed by atoms with E-state index in [1.54, 1.807) is 25.3 Å². The Morgan fingerprint density at radius 1 is 1.08 bits per heavy atom. The minimum Gasteiger partial charge on any atom is -0.497 e. The molecule has 0 bridgehead atoms. The molecule has 53 heavy (non-hydrogen) atoms. The van der Waals surface area contributed by atoms with Gasteiger partial charge in [0.15, 0.2) is 0 Å². The molecule has 3 aliphatic carbocycles. The number of aryl methyl sites for hydroxylation is 1. The molecule has 5 atom stereocenters. The Kier molecular flexibility index (Phi) is 10.8. The summed E-state index contributed by atoms with van der Waals surface area (Å²) in [6.07, 6.45) is 5.65. The van der Waals surface area contributed by atoms with Gasteiger partial charge in [-0.2, -0.15) is 0 Å². The molecule has 288 valence electrons. The zero-order chi connectivity index (χ0) is 38.3. The first-order chi connectivity index (χ1) is 25.1. The van der Waals surface area contributed by atoms with Gasteiger partial charge in [-0.15, -0.1) is 6.58 Å². The van der Waals surface area contributed by atoms with Crippen molar-refractivity contribution < 1.29 is 41.8 Å². The third-order valence-corrected chi connectivity index (χ3v) is 12.8. The molecule has 0 unspecified atom stereocenters. The van der Waals surface area contributed by atoms with Crippen molar-refractivity contribution in [1.82, 2.24) is 24.9 Å². The van der Waals surface area contributed by atoms with Crippen molar-refractivity contribution in [2.45, 2.75) is 121 Å². The van der Waals surface area contributed by atoms with Crippen LogP contribution >= 0.6 is 0 Å². The number of hydrogen-bond acceptors (Lipinski definition) is 11. The zero-order valence-electron chi connectivity index (χ0n) is 31.2. The van der Waals surface area contributed by atoms with Crippen LogP contribution in [-0.4, -0.2) is 89.7 Å². The minimum absolute atomic E-state index is 0.0116. The number of carbonyl (C=O) groups is 4. The highest BCUT2D eigenvalue weighted by Gasteiger charge is 2.62. The fourth-order valence-electron chi connectivity index (χ4n) is 7.43. The van der Waals surface area contributed by atoms with Crippen LogP contribution in [0.15, 0.2) is 30.9 Å². The lowest BCUT2D eigenvalue weighted by Crippen LogP contribution is -2.57. The molecule has 1 saturated heterocycles. The molecule has 0 radical (unpaired) electrons. The van der Waals surface area contributed by atoms with E-state index in [2.05, 4.69) is 16.6 Å². The van der Waals surface area contributed by atoms with E-state index in [1.807, 2.05) is 27.7 Å². The van der Waals surface area contributed by atoms with Gasteiger partial charge >= 0.3 is 5.97 Å². The van der Waals surface area contributed by atoms with Crippen molar-refractivity contribution in [1.29, 1.82) is 0 Å². The largest absolute Gasteiger partial charge is 0.497 e. The molecule has 4 aliphatic rings. The van der Waals surface area contributed by atoms with Crippen LogP contribution in [-0.2, 0) is 40.4 Å². The number of likely N-dealkylation sites (tertiary alicyclic amines) is 1. The van der Waals surface area contributed by atoms with E-state index in [0.717, 1.165) is 25.7 Å². The highest BCUT2D eigenvalue weighted by atomic mass is 32.2. The Labute approximate surface area is 310 Å². The van der Waals surface area contributed by atoms with Crippen LogP contribution < -0.4 is 19.5 Å². The molecule has 1 aromatic heterocycles. The SMILES string of the molecule is C=C[C@@H]1C[C@]1(NC(=O)[C@@H]1C[C@@H](Oc2nc3cc(OC)ccc3nc2CC)CN1C(=O)[C@@H](CC(=O)OC1CCCC1)C(C)(C)C)C(=O)NS(=O)(=O)C1CC1. The highest BCUT2D eigenvalue weighted by molar-refractivity contribution is 7.91. The molecule has 3 saturated carbocycles. The topological polar surface area (TPSA) is 183 Å². The number of nitrogens with one attached hydrogen (secondary N) is 2. The van der Waals surface area contributed by atoms with Crippen LogP contribution in [0.5, 0.6) is 11.6 Å². The van der Waals surface area contributed by atoms with Crippen LogP contribution in [0.1, 0.15) is 91.2 Å². The fourth-order valence-corrected chi connectivity index (χ4v) is 8.79. The number of hydrogen-bond donors (Lipinski definition) is 2. The number of esters is 1. The maximum atomic E-state index is 14.6. The van der Waals surface area contributed by atoms with E-state index in [9.17, 15) is 27.6 Å². The second-order valence-corrected chi connectivity index (χ2v) is 17.8. The summed E-state index contributed by atoms with van der Waals surface area (Å²) in [5, 5.41) is 2.18. The highest BCUT2D eigenvalue weighted by Crippen LogP contribution is 2.46. The van der Waals surface area contributed by atoms with Gasteiger partial charge < -0.3 is 24.4 Å². The van der Waals surface area contributed by atoms with E-state index < -0.39 is 73.9 Å². The average molecular weight is 754 g/mol. The van der Waals surface area contributed by atoms with E-state index in [0.29, 0.717) is 41.7 Å². The number of methoxy groups -OCH3 is 1. The lowest BCUT2D eigenvalue weighted by atomic mass is 9.77. The molecule has 6 rings (SSSR count). The minimum atomic E-state index is -3.89. The van der Waals surface area contributed by atoms with Gasteiger partial charge in [-0.1, -0.05) is 33.8 Å². The number of ether oxygens (including phenoxy) is 3. The standard InChI is InChI=1S/C38H51N5O9S/c1-7-22-20-38(22,36(47)42-53(48,49)26-14-15-26)41-33(45)31-18-25(52-34-28(8-2)39-29-16-13-24(50-6)17-30(29)40-34)21-43(31)35(46)27(37(3,4)5)19-32(44)51-23-11-9-10-12-23/h7,13,16-17,22-23,25-27,31H,1,8-12,14-15,18-21H2,2-6H3,(H,41,45)(H,42,47)/t22-,25-,27-,31+,38-/m1/s1.